The Morgan fingerprint density at radius 3 is 2.63 bits per heavy atom. The fourth-order valence-electron chi connectivity index (χ4n) is 5.99. The molecular formula is C26H25N3O. The number of benzene rings is 2. The van der Waals surface area contributed by atoms with Gasteiger partial charge in [0.25, 0.3) is 0 Å². The molecule has 5 rings (SSSR count). The molecular weight excluding hydrogens is 370 g/mol. The van der Waals surface area contributed by atoms with E-state index in [0.29, 0.717) is 0 Å². The summed E-state index contributed by atoms with van der Waals surface area (Å²) in [5.74, 6) is 0.0819. The number of fused-ring (bicyclic) bond motifs is 4. The first-order chi connectivity index (χ1) is 14.3. The molecule has 0 saturated heterocycles. The lowest BCUT2D eigenvalue weighted by Gasteiger charge is -2.49. The van der Waals surface area contributed by atoms with Crippen molar-refractivity contribution in [3.8, 4) is 17.3 Å². The van der Waals surface area contributed by atoms with Crippen molar-refractivity contribution in [2.45, 2.75) is 39.0 Å². The number of Topliss-reactive ketones (excluding diaryl/α,β-unsaturated/α-hetero) is 1. The second-order valence-electron chi connectivity index (χ2n) is 9.42. The Kier molecular flexibility index (Phi) is 3.86. The first kappa shape index (κ1) is 18.8. The third-order valence-electron chi connectivity index (χ3n) is 7.37. The van der Waals surface area contributed by atoms with Crippen LogP contribution in [0.5, 0.6) is 0 Å². The quantitative estimate of drug-likeness (QED) is 0.575. The zero-order valence-electron chi connectivity index (χ0n) is 17.9. The van der Waals surface area contributed by atoms with Gasteiger partial charge in [0.1, 0.15) is 6.07 Å². The van der Waals surface area contributed by atoms with Crippen LogP contribution in [0.25, 0.3) is 22.0 Å². The second kappa shape index (κ2) is 6.15. The Bertz CT molecular complexity index is 1280. The van der Waals surface area contributed by atoms with Gasteiger partial charge in [-0.3, -0.25) is 9.48 Å². The maximum Gasteiger partial charge on any atom is 0.178 e. The van der Waals surface area contributed by atoms with Crippen LogP contribution in [0.2, 0.25) is 0 Å². The van der Waals surface area contributed by atoms with Gasteiger partial charge in [0.05, 0.1) is 17.0 Å². The lowest BCUT2D eigenvalue weighted by molar-refractivity contribution is -0.128. The monoisotopic (exact) mass is 395 g/mol. The van der Waals surface area contributed by atoms with Gasteiger partial charge in [-0.05, 0) is 29.5 Å². The molecule has 4 heteroatoms. The van der Waals surface area contributed by atoms with Crippen molar-refractivity contribution in [2.24, 2.45) is 18.4 Å². The van der Waals surface area contributed by atoms with E-state index in [1.165, 1.54) is 21.9 Å². The van der Waals surface area contributed by atoms with Gasteiger partial charge in [0, 0.05) is 29.0 Å². The van der Waals surface area contributed by atoms with Gasteiger partial charge in [0.15, 0.2) is 5.78 Å². The number of hydrogen-bond acceptors (Lipinski definition) is 3. The summed E-state index contributed by atoms with van der Waals surface area (Å²) < 4.78 is 1.99. The van der Waals surface area contributed by atoms with Gasteiger partial charge in [-0.1, -0.05) is 69.3 Å². The van der Waals surface area contributed by atoms with Gasteiger partial charge in [0.2, 0.25) is 0 Å². The first-order valence-electron chi connectivity index (χ1n) is 10.5. The normalized spacial score (nSPS) is 24.7. The Hall–Kier alpha value is -3.19. The molecule has 0 aliphatic heterocycles. The molecule has 1 aromatic heterocycles. The molecule has 150 valence electrons. The summed E-state index contributed by atoms with van der Waals surface area (Å²) in [5, 5.41) is 17.1. The third kappa shape index (κ3) is 2.32. The van der Waals surface area contributed by atoms with Crippen LogP contribution in [0, 0.1) is 22.7 Å². The molecule has 0 N–H and O–H groups in total. The minimum absolute atomic E-state index is 0.0406. The summed E-state index contributed by atoms with van der Waals surface area (Å²) in [6.07, 6.45) is 3.68. The van der Waals surface area contributed by atoms with Gasteiger partial charge in [-0.2, -0.15) is 10.4 Å². The van der Waals surface area contributed by atoms with Gasteiger partial charge in [-0.15, -0.1) is 0 Å². The van der Waals surface area contributed by atoms with E-state index in [1.54, 1.807) is 0 Å². The average Bonchev–Trinajstić information content (AvgIpc) is 3.07. The largest absolute Gasteiger partial charge is 0.293 e. The minimum Gasteiger partial charge on any atom is -0.293 e. The van der Waals surface area contributed by atoms with Crippen LogP contribution in [0.4, 0.5) is 0 Å². The van der Waals surface area contributed by atoms with E-state index in [1.807, 2.05) is 31.7 Å². The Morgan fingerprint density at radius 2 is 1.87 bits per heavy atom. The van der Waals surface area contributed by atoms with Gasteiger partial charge >= 0.3 is 0 Å². The molecule has 0 fully saturated rings. The molecule has 3 aromatic rings. The topological polar surface area (TPSA) is 58.7 Å². The molecule has 2 aromatic carbocycles. The summed E-state index contributed by atoms with van der Waals surface area (Å²) in [6, 6.07) is 17.0. The van der Waals surface area contributed by atoms with Crippen LogP contribution >= 0.6 is 0 Å². The summed E-state index contributed by atoms with van der Waals surface area (Å²) in [5.41, 5.74) is 3.83. The Balaban J connectivity index is 1.78. The molecule has 2 aliphatic rings. The van der Waals surface area contributed by atoms with Crippen LogP contribution in [0.1, 0.15) is 38.4 Å². The lowest BCUT2D eigenvalue weighted by atomic mass is 9.52. The molecule has 0 saturated carbocycles. The maximum atomic E-state index is 12.9. The zero-order valence-corrected chi connectivity index (χ0v) is 17.9. The van der Waals surface area contributed by atoms with Crippen molar-refractivity contribution in [1.82, 2.24) is 9.78 Å². The van der Waals surface area contributed by atoms with E-state index in [-0.39, 0.29) is 17.3 Å². The third-order valence-corrected chi connectivity index (χ3v) is 7.37. The number of nitriles is 1. The lowest BCUT2D eigenvalue weighted by Crippen LogP contribution is -2.51. The molecule has 0 amide bonds. The molecule has 0 radical (unpaired) electrons. The number of aryl methyl sites for hydroxylation is 1. The molecule has 30 heavy (non-hydrogen) atoms. The predicted octanol–water partition coefficient (Wildman–Crippen LogP) is 5.12. The highest BCUT2D eigenvalue weighted by Crippen LogP contribution is 2.55. The fraction of sp³-hybridized carbons (Fsp3) is 0.346. The number of hydrogen-bond donors (Lipinski definition) is 0. The highest BCUT2D eigenvalue weighted by atomic mass is 16.1. The van der Waals surface area contributed by atoms with E-state index >= 15 is 0 Å². The van der Waals surface area contributed by atoms with Crippen molar-refractivity contribution in [3.05, 3.63) is 65.4 Å². The minimum atomic E-state index is -0.580. The molecule has 0 spiro atoms. The number of ketones is 1. The number of carbonyl (C=O) groups excluding carboxylic acids is 1. The molecule has 0 bridgehead atoms. The standard InChI is InChI=1S/C26H25N3O/c1-25(2)21-13-12-20-22(19-11-7-9-16-8-5-6-10-18(16)19)29(4)28-23(20)26(21,3)14-17(15-27)24(25)30/h5-11,14,21H,12-13H2,1-4H3. The van der Waals surface area contributed by atoms with Crippen molar-refractivity contribution >= 4 is 16.6 Å². The summed E-state index contributed by atoms with van der Waals surface area (Å²) in [4.78, 5) is 12.9. The fourth-order valence-corrected chi connectivity index (χ4v) is 5.99. The summed E-state index contributed by atoms with van der Waals surface area (Å²) >= 11 is 0. The molecule has 4 nitrogen and oxygen atoms in total. The SMILES string of the molecule is Cn1nc2c(c1-c1cccc3ccccc13)CCC1C(C)(C)C(=O)C(C#N)=CC21C. The van der Waals surface area contributed by atoms with Crippen molar-refractivity contribution < 1.29 is 4.79 Å². The predicted molar refractivity (Wildman–Crippen MR) is 118 cm³/mol. The number of rotatable bonds is 1. The Labute approximate surface area is 176 Å². The van der Waals surface area contributed by atoms with Crippen LogP contribution in [-0.4, -0.2) is 15.6 Å². The highest BCUT2D eigenvalue weighted by Gasteiger charge is 2.55. The maximum absolute atomic E-state index is 12.9. The van der Waals surface area contributed by atoms with Crippen LogP contribution in [-0.2, 0) is 23.7 Å². The Morgan fingerprint density at radius 1 is 1.13 bits per heavy atom. The summed E-state index contributed by atoms with van der Waals surface area (Å²) in [6.45, 7) is 6.13. The van der Waals surface area contributed by atoms with E-state index < -0.39 is 10.8 Å². The van der Waals surface area contributed by atoms with Gasteiger partial charge in [-0.25, -0.2) is 0 Å². The van der Waals surface area contributed by atoms with E-state index in [4.69, 9.17) is 5.10 Å². The van der Waals surface area contributed by atoms with E-state index in [0.717, 1.165) is 24.2 Å². The second-order valence-corrected chi connectivity index (χ2v) is 9.42. The zero-order chi connectivity index (χ0) is 21.3. The smallest absolute Gasteiger partial charge is 0.178 e. The van der Waals surface area contributed by atoms with E-state index in [2.05, 4.69) is 55.5 Å². The molecule has 2 unspecified atom stereocenters. The first-order valence-corrected chi connectivity index (χ1v) is 10.5. The van der Waals surface area contributed by atoms with Crippen molar-refractivity contribution in [2.75, 3.05) is 0 Å². The summed E-state index contributed by atoms with van der Waals surface area (Å²) in [7, 11) is 2.00. The number of allylic oxidation sites excluding steroid dienone is 2. The van der Waals surface area contributed by atoms with E-state index in [9.17, 15) is 10.1 Å². The highest BCUT2D eigenvalue weighted by molar-refractivity contribution is 6.04. The molecule has 2 aliphatic carbocycles. The average molecular weight is 396 g/mol. The van der Waals surface area contributed by atoms with Crippen molar-refractivity contribution in [3.63, 3.8) is 0 Å². The van der Waals surface area contributed by atoms with Crippen LogP contribution in [0.15, 0.2) is 54.1 Å². The number of nitrogens with zero attached hydrogens (tertiary/aromatic N) is 3. The van der Waals surface area contributed by atoms with Crippen molar-refractivity contribution in [1.29, 1.82) is 5.26 Å². The van der Waals surface area contributed by atoms with Crippen LogP contribution in [0.3, 0.4) is 0 Å². The number of aromatic nitrogens is 2. The molecule has 1 heterocycles. The van der Waals surface area contributed by atoms with Gasteiger partial charge < -0.3 is 0 Å². The van der Waals surface area contributed by atoms with Crippen LogP contribution < -0.4 is 0 Å². The molecule has 2 atom stereocenters. The number of carbonyl (C=O) groups is 1.